The molecule has 0 bridgehead atoms. The monoisotopic (exact) mass is 366 g/mol. The molecule has 2 aliphatic heterocycles. The van der Waals surface area contributed by atoms with Crippen LogP contribution in [-0.2, 0) is 17.8 Å². The Morgan fingerprint density at radius 3 is 2.74 bits per heavy atom. The van der Waals surface area contributed by atoms with Gasteiger partial charge in [-0.05, 0) is 18.1 Å². The summed E-state index contributed by atoms with van der Waals surface area (Å²) >= 11 is 0. The van der Waals surface area contributed by atoms with Crippen LogP contribution >= 0.6 is 0 Å². The number of fused-ring (bicyclic) bond motifs is 1. The van der Waals surface area contributed by atoms with Gasteiger partial charge in [-0.1, -0.05) is 42.5 Å². The van der Waals surface area contributed by atoms with Crippen LogP contribution in [0.15, 0.2) is 42.5 Å². The summed E-state index contributed by atoms with van der Waals surface area (Å²) in [5, 5.41) is 4.59. The lowest BCUT2D eigenvalue weighted by molar-refractivity contribution is 0.0298. The number of morpholine rings is 1. The van der Waals surface area contributed by atoms with Crippen LogP contribution in [0.5, 0.6) is 0 Å². The van der Waals surface area contributed by atoms with Gasteiger partial charge in [-0.25, -0.2) is 0 Å². The molecule has 1 aromatic heterocycles. The van der Waals surface area contributed by atoms with Crippen molar-refractivity contribution in [2.24, 2.45) is 0 Å². The molecule has 1 aromatic carbocycles. The van der Waals surface area contributed by atoms with E-state index in [1.807, 2.05) is 21.7 Å². The molecule has 142 valence electrons. The Kier molecular flexibility index (Phi) is 5.65. The minimum atomic E-state index is 0.0226. The van der Waals surface area contributed by atoms with Crippen molar-refractivity contribution in [3.05, 3.63) is 59.4 Å². The number of hydrogen-bond donors (Lipinski definition) is 0. The van der Waals surface area contributed by atoms with Crippen molar-refractivity contribution < 1.29 is 9.53 Å². The SMILES string of the molecule is O=C(c1cc2n(n1)CCCN(CC=Cc1ccccc1)C2)N1CCOCC1. The Balaban J connectivity index is 1.40. The molecule has 3 heterocycles. The number of ether oxygens (including phenoxy) is 1. The molecule has 6 nitrogen and oxygen atoms in total. The van der Waals surface area contributed by atoms with E-state index in [4.69, 9.17) is 4.74 Å². The molecule has 0 aliphatic carbocycles. The van der Waals surface area contributed by atoms with E-state index in [0.29, 0.717) is 32.0 Å². The van der Waals surface area contributed by atoms with E-state index in [-0.39, 0.29) is 5.91 Å². The van der Waals surface area contributed by atoms with Crippen LogP contribution in [-0.4, -0.2) is 64.9 Å². The topological polar surface area (TPSA) is 50.6 Å². The molecule has 6 heteroatoms. The zero-order valence-electron chi connectivity index (χ0n) is 15.6. The first-order valence-electron chi connectivity index (χ1n) is 9.67. The minimum absolute atomic E-state index is 0.0226. The van der Waals surface area contributed by atoms with Gasteiger partial charge in [-0.3, -0.25) is 14.4 Å². The predicted molar refractivity (Wildman–Crippen MR) is 104 cm³/mol. The molecule has 0 atom stereocenters. The zero-order chi connectivity index (χ0) is 18.5. The zero-order valence-corrected chi connectivity index (χ0v) is 15.6. The highest BCUT2D eigenvalue weighted by atomic mass is 16.5. The van der Waals surface area contributed by atoms with E-state index in [1.165, 1.54) is 5.56 Å². The number of hydrogen-bond acceptors (Lipinski definition) is 4. The first-order valence-corrected chi connectivity index (χ1v) is 9.67. The third-order valence-corrected chi connectivity index (χ3v) is 5.08. The van der Waals surface area contributed by atoms with Gasteiger partial charge in [0.15, 0.2) is 5.69 Å². The number of rotatable bonds is 4. The fraction of sp³-hybridized carbons (Fsp3) is 0.429. The van der Waals surface area contributed by atoms with Crippen molar-refractivity contribution in [1.82, 2.24) is 19.6 Å². The highest BCUT2D eigenvalue weighted by molar-refractivity contribution is 5.92. The number of carbonyl (C=O) groups is 1. The number of benzene rings is 1. The Labute approximate surface area is 160 Å². The molecule has 1 fully saturated rings. The molecule has 4 rings (SSSR count). The fourth-order valence-electron chi connectivity index (χ4n) is 3.62. The van der Waals surface area contributed by atoms with Crippen molar-refractivity contribution in [2.45, 2.75) is 19.5 Å². The molecule has 0 saturated carbocycles. The lowest BCUT2D eigenvalue weighted by atomic mass is 10.2. The normalized spacial score (nSPS) is 18.4. The first-order chi connectivity index (χ1) is 13.3. The van der Waals surface area contributed by atoms with Crippen LogP contribution < -0.4 is 0 Å². The molecule has 0 radical (unpaired) electrons. The van der Waals surface area contributed by atoms with Gasteiger partial charge in [0.2, 0.25) is 0 Å². The fourth-order valence-corrected chi connectivity index (χ4v) is 3.62. The second kappa shape index (κ2) is 8.50. The number of aryl methyl sites for hydroxylation is 1. The molecule has 2 aromatic rings. The van der Waals surface area contributed by atoms with Gasteiger partial charge >= 0.3 is 0 Å². The summed E-state index contributed by atoms with van der Waals surface area (Å²) in [6, 6.07) is 12.3. The smallest absolute Gasteiger partial charge is 0.274 e. The van der Waals surface area contributed by atoms with E-state index >= 15 is 0 Å². The lowest BCUT2D eigenvalue weighted by Gasteiger charge is -2.26. The summed E-state index contributed by atoms with van der Waals surface area (Å²) in [5.41, 5.74) is 2.90. The molecular formula is C21H26N4O2. The van der Waals surface area contributed by atoms with Crippen LogP contribution in [0.25, 0.3) is 6.08 Å². The van der Waals surface area contributed by atoms with Gasteiger partial charge in [-0.15, -0.1) is 0 Å². The van der Waals surface area contributed by atoms with Crippen LogP contribution in [0.4, 0.5) is 0 Å². The lowest BCUT2D eigenvalue weighted by Crippen LogP contribution is -2.40. The Morgan fingerprint density at radius 2 is 1.93 bits per heavy atom. The molecule has 1 amide bonds. The molecule has 1 saturated heterocycles. The highest BCUT2D eigenvalue weighted by Crippen LogP contribution is 2.16. The second-order valence-corrected chi connectivity index (χ2v) is 7.05. The highest BCUT2D eigenvalue weighted by Gasteiger charge is 2.23. The van der Waals surface area contributed by atoms with Crippen LogP contribution in [0.2, 0.25) is 0 Å². The molecule has 0 spiro atoms. The summed E-state index contributed by atoms with van der Waals surface area (Å²) in [6.45, 7) is 6.14. The van der Waals surface area contributed by atoms with Crippen molar-refractivity contribution in [3.8, 4) is 0 Å². The van der Waals surface area contributed by atoms with E-state index in [2.05, 4.69) is 46.4 Å². The summed E-state index contributed by atoms with van der Waals surface area (Å²) in [7, 11) is 0. The molecule has 2 aliphatic rings. The maximum Gasteiger partial charge on any atom is 0.274 e. The van der Waals surface area contributed by atoms with E-state index in [0.717, 1.165) is 38.3 Å². The maximum absolute atomic E-state index is 12.7. The van der Waals surface area contributed by atoms with Gasteiger partial charge < -0.3 is 9.64 Å². The predicted octanol–water partition coefficient (Wildman–Crippen LogP) is 2.27. The van der Waals surface area contributed by atoms with Gasteiger partial charge in [0.1, 0.15) is 0 Å². The minimum Gasteiger partial charge on any atom is -0.378 e. The summed E-state index contributed by atoms with van der Waals surface area (Å²) < 4.78 is 7.34. The molecular weight excluding hydrogens is 340 g/mol. The van der Waals surface area contributed by atoms with E-state index in [9.17, 15) is 4.79 Å². The average molecular weight is 366 g/mol. The van der Waals surface area contributed by atoms with Crippen molar-refractivity contribution >= 4 is 12.0 Å². The van der Waals surface area contributed by atoms with E-state index in [1.54, 1.807) is 0 Å². The van der Waals surface area contributed by atoms with Gasteiger partial charge in [-0.2, -0.15) is 5.10 Å². The Morgan fingerprint density at radius 1 is 1.11 bits per heavy atom. The molecule has 0 unspecified atom stereocenters. The summed E-state index contributed by atoms with van der Waals surface area (Å²) in [4.78, 5) is 16.9. The van der Waals surface area contributed by atoms with Crippen LogP contribution in [0, 0.1) is 0 Å². The van der Waals surface area contributed by atoms with Gasteiger partial charge in [0, 0.05) is 39.3 Å². The average Bonchev–Trinajstić information content (AvgIpc) is 3.01. The Hall–Kier alpha value is -2.44. The standard InChI is InChI=1S/C21H26N4O2/c26-21(24-12-14-27-15-13-24)20-16-19-17-23(10-5-11-25(19)22-20)9-4-8-18-6-2-1-3-7-18/h1-4,6-8,16H,5,9-15,17H2. The second-order valence-electron chi connectivity index (χ2n) is 7.05. The third-order valence-electron chi connectivity index (χ3n) is 5.08. The molecule has 0 N–H and O–H groups in total. The van der Waals surface area contributed by atoms with E-state index < -0.39 is 0 Å². The van der Waals surface area contributed by atoms with Gasteiger partial charge in [0.25, 0.3) is 5.91 Å². The quantitative estimate of drug-likeness (QED) is 0.833. The Bertz CT molecular complexity index is 794. The number of amides is 1. The first kappa shape index (κ1) is 17.9. The van der Waals surface area contributed by atoms with Crippen molar-refractivity contribution in [2.75, 3.05) is 39.4 Å². The third kappa shape index (κ3) is 4.46. The maximum atomic E-state index is 12.7. The molecule has 27 heavy (non-hydrogen) atoms. The summed E-state index contributed by atoms with van der Waals surface area (Å²) in [5.74, 6) is 0.0226. The summed E-state index contributed by atoms with van der Waals surface area (Å²) in [6.07, 6.45) is 5.41. The van der Waals surface area contributed by atoms with Crippen molar-refractivity contribution in [3.63, 3.8) is 0 Å². The largest absolute Gasteiger partial charge is 0.378 e. The number of carbonyl (C=O) groups excluding carboxylic acids is 1. The number of nitrogens with zero attached hydrogens (tertiary/aromatic N) is 4. The number of aromatic nitrogens is 2. The van der Waals surface area contributed by atoms with Crippen LogP contribution in [0.1, 0.15) is 28.2 Å². The van der Waals surface area contributed by atoms with Crippen LogP contribution in [0.3, 0.4) is 0 Å². The van der Waals surface area contributed by atoms with Crippen molar-refractivity contribution in [1.29, 1.82) is 0 Å². The van der Waals surface area contributed by atoms with Gasteiger partial charge in [0.05, 0.1) is 18.9 Å².